The van der Waals surface area contributed by atoms with E-state index in [1.54, 1.807) is 0 Å². The number of alkyl halides is 2. The molecule has 1 saturated carbocycles. The molecule has 3 atom stereocenters. The molecule has 1 fully saturated rings. The van der Waals surface area contributed by atoms with Gasteiger partial charge < -0.3 is 10.1 Å². The van der Waals surface area contributed by atoms with E-state index in [1.807, 2.05) is 19.1 Å². The molecule has 2 unspecified atom stereocenters. The van der Waals surface area contributed by atoms with Gasteiger partial charge in [-0.05, 0) is 54.7 Å². The molecule has 1 aliphatic heterocycles. The second-order valence-electron chi connectivity index (χ2n) is 8.89. The molecule has 4 nitrogen and oxygen atoms in total. The highest BCUT2D eigenvalue weighted by molar-refractivity contribution is 5.73. The van der Waals surface area contributed by atoms with Crippen LogP contribution in [0.2, 0.25) is 0 Å². The van der Waals surface area contributed by atoms with Gasteiger partial charge in [0.15, 0.2) is 0 Å². The first kappa shape index (κ1) is 21.8. The van der Waals surface area contributed by atoms with Crippen molar-refractivity contribution in [2.75, 3.05) is 13.2 Å². The van der Waals surface area contributed by atoms with Crippen molar-refractivity contribution in [1.29, 1.82) is 0 Å². The molecule has 0 spiro atoms. The summed E-state index contributed by atoms with van der Waals surface area (Å²) >= 11 is 0. The zero-order valence-electron chi connectivity index (χ0n) is 18.3. The van der Waals surface area contributed by atoms with Gasteiger partial charge in [-0.15, -0.1) is 0 Å². The molecular weight excluding hydrogens is 398 g/mol. The van der Waals surface area contributed by atoms with Crippen LogP contribution in [0.25, 0.3) is 0 Å². The fourth-order valence-electron chi connectivity index (χ4n) is 4.35. The third-order valence-electron chi connectivity index (χ3n) is 6.47. The Labute approximate surface area is 182 Å². The summed E-state index contributed by atoms with van der Waals surface area (Å²) in [7, 11) is 0. The highest BCUT2D eigenvalue weighted by Crippen LogP contribution is 2.48. The predicted molar refractivity (Wildman–Crippen MR) is 116 cm³/mol. The summed E-state index contributed by atoms with van der Waals surface area (Å²) in [4.78, 5) is 13.7. The highest BCUT2D eigenvalue weighted by Gasteiger charge is 2.57. The van der Waals surface area contributed by atoms with E-state index < -0.39 is 11.8 Å². The maximum absolute atomic E-state index is 13.1. The Hall–Kier alpha value is -2.47. The second kappa shape index (κ2) is 8.58. The minimum absolute atomic E-state index is 0.00473. The van der Waals surface area contributed by atoms with Gasteiger partial charge in [-0.25, -0.2) is 8.78 Å². The van der Waals surface area contributed by atoms with E-state index in [2.05, 4.69) is 47.5 Å². The molecule has 6 heteroatoms. The number of benzene rings is 2. The first-order valence-corrected chi connectivity index (χ1v) is 11.0. The van der Waals surface area contributed by atoms with Crippen molar-refractivity contribution in [3.63, 3.8) is 0 Å². The van der Waals surface area contributed by atoms with Crippen LogP contribution in [0, 0.1) is 5.92 Å². The van der Waals surface area contributed by atoms with Crippen molar-refractivity contribution in [2.24, 2.45) is 5.92 Å². The molecular formula is C25H30F2N2O2. The van der Waals surface area contributed by atoms with Gasteiger partial charge in [-0.1, -0.05) is 30.3 Å². The number of fused-ring (bicyclic) bond motifs is 1. The molecule has 1 heterocycles. The minimum atomic E-state index is -2.54. The Bertz CT molecular complexity index is 945. The molecule has 2 aromatic carbocycles. The fraction of sp³-hybridized carbons (Fsp3) is 0.480. The standard InChI is InChI=1S/C25H30F2N2O2/c1-16(28-18(3)30)20-6-4-19(5-7-20)14-29-11-10-21-12-23(8-9-24(21)17(29)2)31-15-22-13-25(22,26)27/h4-9,12,16-17,22H,10-11,13-15H2,1-3H3,(H,28,30)/t16-,17?,22?/m0/s1. The lowest BCUT2D eigenvalue weighted by atomic mass is 9.92. The third-order valence-corrected chi connectivity index (χ3v) is 6.47. The summed E-state index contributed by atoms with van der Waals surface area (Å²) in [6.07, 6.45) is 0.852. The van der Waals surface area contributed by atoms with Crippen LogP contribution in [0.15, 0.2) is 42.5 Å². The zero-order chi connectivity index (χ0) is 22.2. The summed E-state index contributed by atoms with van der Waals surface area (Å²) in [6, 6.07) is 14.7. The Kier molecular flexibility index (Phi) is 6.02. The van der Waals surface area contributed by atoms with Gasteiger partial charge in [0.1, 0.15) is 5.75 Å². The van der Waals surface area contributed by atoms with E-state index in [0.717, 1.165) is 25.1 Å². The van der Waals surface area contributed by atoms with Crippen molar-refractivity contribution < 1.29 is 18.3 Å². The third kappa shape index (κ3) is 5.06. The summed E-state index contributed by atoms with van der Waals surface area (Å²) < 4.78 is 31.7. The average molecular weight is 429 g/mol. The molecule has 1 aliphatic carbocycles. The van der Waals surface area contributed by atoms with Crippen LogP contribution in [0.1, 0.15) is 61.5 Å². The predicted octanol–water partition coefficient (Wildman–Crippen LogP) is 5.04. The van der Waals surface area contributed by atoms with Crippen molar-refractivity contribution in [1.82, 2.24) is 10.2 Å². The lowest BCUT2D eigenvalue weighted by Crippen LogP contribution is -2.33. The SMILES string of the molecule is CC(=O)N[C@@H](C)c1ccc(CN2CCc3cc(OCC4CC4(F)F)ccc3C2C)cc1. The van der Waals surface area contributed by atoms with Gasteiger partial charge in [-0.3, -0.25) is 9.69 Å². The highest BCUT2D eigenvalue weighted by atomic mass is 19.3. The minimum Gasteiger partial charge on any atom is -0.493 e. The Morgan fingerprint density at radius 1 is 1.26 bits per heavy atom. The Morgan fingerprint density at radius 3 is 2.61 bits per heavy atom. The van der Waals surface area contributed by atoms with Crippen LogP contribution in [0.5, 0.6) is 5.75 Å². The average Bonchev–Trinajstić information content (AvgIpc) is 3.35. The number of carbonyl (C=O) groups excluding carboxylic acids is 1. The van der Waals surface area contributed by atoms with Crippen molar-refractivity contribution in [3.05, 3.63) is 64.7 Å². The fourth-order valence-corrected chi connectivity index (χ4v) is 4.35. The van der Waals surface area contributed by atoms with Crippen LogP contribution in [-0.2, 0) is 17.8 Å². The van der Waals surface area contributed by atoms with E-state index in [-0.39, 0.29) is 31.0 Å². The number of hydrogen-bond donors (Lipinski definition) is 1. The van der Waals surface area contributed by atoms with Crippen LogP contribution in [0.3, 0.4) is 0 Å². The molecule has 166 valence electrons. The molecule has 4 rings (SSSR count). The van der Waals surface area contributed by atoms with Gasteiger partial charge in [0.25, 0.3) is 5.92 Å². The molecule has 2 aliphatic rings. The van der Waals surface area contributed by atoms with Crippen molar-refractivity contribution in [2.45, 2.75) is 58.2 Å². The first-order valence-electron chi connectivity index (χ1n) is 11.0. The number of nitrogens with zero attached hydrogens (tertiary/aromatic N) is 1. The monoisotopic (exact) mass is 428 g/mol. The summed E-state index contributed by atoms with van der Waals surface area (Å²) in [5.74, 6) is -2.52. The number of nitrogens with one attached hydrogen (secondary N) is 1. The van der Waals surface area contributed by atoms with Crippen LogP contribution in [-0.4, -0.2) is 29.9 Å². The number of carbonyl (C=O) groups is 1. The number of rotatable bonds is 7. The molecule has 1 amide bonds. The van der Waals surface area contributed by atoms with Crippen LogP contribution < -0.4 is 10.1 Å². The van der Waals surface area contributed by atoms with Crippen LogP contribution in [0.4, 0.5) is 8.78 Å². The van der Waals surface area contributed by atoms with Gasteiger partial charge in [0.2, 0.25) is 5.91 Å². The van der Waals surface area contributed by atoms with Gasteiger partial charge in [0, 0.05) is 32.5 Å². The van der Waals surface area contributed by atoms with E-state index in [1.165, 1.54) is 23.6 Å². The topological polar surface area (TPSA) is 41.6 Å². The van der Waals surface area contributed by atoms with Gasteiger partial charge in [-0.2, -0.15) is 0 Å². The lowest BCUT2D eigenvalue weighted by Gasteiger charge is -2.35. The molecule has 0 radical (unpaired) electrons. The van der Waals surface area contributed by atoms with Gasteiger partial charge >= 0.3 is 0 Å². The molecule has 31 heavy (non-hydrogen) atoms. The van der Waals surface area contributed by atoms with E-state index in [9.17, 15) is 13.6 Å². The number of halogens is 2. The quantitative estimate of drug-likeness (QED) is 0.672. The molecule has 0 aromatic heterocycles. The normalized spacial score (nSPS) is 23.0. The summed E-state index contributed by atoms with van der Waals surface area (Å²) in [6.45, 7) is 7.59. The Balaban J connectivity index is 1.36. The van der Waals surface area contributed by atoms with E-state index >= 15 is 0 Å². The number of amides is 1. The number of ether oxygens (including phenoxy) is 1. The lowest BCUT2D eigenvalue weighted by molar-refractivity contribution is -0.119. The van der Waals surface area contributed by atoms with E-state index in [0.29, 0.717) is 5.75 Å². The Morgan fingerprint density at radius 2 is 1.97 bits per heavy atom. The second-order valence-corrected chi connectivity index (χ2v) is 8.89. The van der Waals surface area contributed by atoms with Crippen molar-refractivity contribution >= 4 is 5.91 Å². The summed E-state index contributed by atoms with van der Waals surface area (Å²) in [5.41, 5.74) is 4.83. The molecule has 2 aromatic rings. The first-order chi connectivity index (χ1) is 14.7. The van der Waals surface area contributed by atoms with E-state index in [4.69, 9.17) is 4.74 Å². The largest absolute Gasteiger partial charge is 0.493 e. The number of hydrogen-bond acceptors (Lipinski definition) is 3. The summed E-state index contributed by atoms with van der Waals surface area (Å²) in [5, 5.41) is 2.91. The molecule has 0 bridgehead atoms. The molecule has 1 N–H and O–H groups in total. The zero-order valence-corrected chi connectivity index (χ0v) is 18.3. The maximum atomic E-state index is 13.1. The van der Waals surface area contributed by atoms with Gasteiger partial charge in [0.05, 0.1) is 18.6 Å². The smallest absolute Gasteiger partial charge is 0.255 e. The van der Waals surface area contributed by atoms with Crippen LogP contribution >= 0.6 is 0 Å². The van der Waals surface area contributed by atoms with Crippen molar-refractivity contribution in [3.8, 4) is 5.75 Å². The maximum Gasteiger partial charge on any atom is 0.255 e. The molecule has 0 saturated heterocycles.